The van der Waals surface area contributed by atoms with Crippen molar-refractivity contribution in [3.63, 3.8) is 0 Å². The SMILES string of the molecule is C=CCC(C)NC(=O)c1sc2cccc(Cl)c2c1N. The molecule has 2 aromatic rings. The van der Waals surface area contributed by atoms with Crippen LogP contribution in [0.4, 0.5) is 5.69 Å². The molecule has 3 N–H and O–H groups in total. The molecule has 1 aromatic heterocycles. The van der Waals surface area contributed by atoms with Crippen LogP contribution >= 0.6 is 22.9 Å². The molecule has 100 valence electrons. The molecule has 0 saturated carbocycles. The van der Waals surface area contributed by atoms with Crippen LogP contribution in [0.1, 0.15) is 23.0 Å². The third kappa shape index (κ3) is 2.74. The Morgan fingerprint density at radius 3 is 3.00 bits per heavy atom. The van der Waals surface area contributed by atoms with Gasteiger partial charge in [0.15, 0.2) is 0 Å². The van der Waals surface area contributed by atoms with Crippen LogP contribution in [0.2, 0.25) is 5.02 Å². The molecule has 0 saturated heterocycles. The van der Waals surface area contributed by atoms with Gasteiger partial charge in [-0.3, -0.25) is 4.79 Å². The van der Waals surface area contributed by atoms with Gasteiger partial charge in [-0.1, -0.05) is 23.7 Å². The van der Waals surface area contributed by atoms with Crippen molar-refractivity contribution in [3.8, 4) is 0 Å². The van der Waals surface area contributed by atoms with Crippen LogP contribution in [0, 0.1) is 0 Å². The van der Waals surface area contributed by atoms with Gasteiger partial charge >= 0.3 is 0 Å². The summed E-state index contributed by atoms with van der Waals surface area (Å²) in [7, 11) is 0. The number of benzene rings is 1. The Hall–Kier alpha value is -1.52. The minimum absolute atomic E-state index is 0.0325. The maximum Gasteiger partial charge on any atom is 0.263 e. The second kappa shape index (κ2) is 5.63. The van der Waals surface area contributed by atoms with Gasteiger partial charge in [-0.2, -0.15) is 0 Å². The highest BCUT2D eigenvalue weighted by atomic mass is 35.5. The number of halogens is 1. The van der Waals surface area contributed by atoms with Crippen LogP contribution in [0.3, 0.4) is 0 Å². The Balaban J connectivity index is 2.35. The molecule has 0 aliphatic heterocycles. The van der Waals surface area contributed by atoms with Gasteiger partial charge in [-0.25, -0.2) is 0 Å². The van der Waals surface area contributed by atoms with Crippen LogP contribution in [-0.4, -0.2) is 11.9 Å². The Morgan fingerprint density at radius 1 is 1.63 bits per heavy atom. The molecule has 0 aliphatic carbocycles. The smallest absolute Gasteiger partial charge is 0.263 e. The van der Waals surface area contributed by atoms with E-state index in [1.165, 1.54) is 11.3 Å². The maximum absolute atomic E-state index is 12.2. The zero-order chi connectivity index (χ0) is 14.0. The molecule has 1 amide bonds. The first-order chi connectivity index (χ1) is 9.04. The summed E-state index contributed by atoms with van der Waals surface area (Å²) in [6, 6.07) is 5.56. The first-order valence-electron chi connectivity index (χ1n) is 5.92. The number of hydrogen-bond donors (Lipinski definition) is 2. The number of anilines is 1. The number of rotatable bonds is 4. The predicted molar refractivity (Wildman–Crippen MR) is 83.0 cm³/mol. The lowest BCUT2D eigenvalue weighted by molar-refractivity contribution is 0.0945. The monoisotopic (exact) mass is 294 g/mol. The molecule has 2 rings (SSSR count). The Kier molecular flexibility index (Phi) is 4.12. The first-order valence-corrected chi connectivity index (χ1v) is 7.12. The summed E-state index contributed by atoms with van der Waals surface area (Å²) in [5.74, 6) is -0.163. The molecule has 0 bridgehead atoms. The third-order valence-electron chi connectivity index (χ3n) is 2.81. The molecule has 0 radical (unpaired) electrons. The number of amides is 1. The normalized spacial score (nSPS) is 12.3. The number of nitrogen functional groups attached to an aromatic ring is 1. The summed E-state index contributed by atoms with van der Waals surface area (Å²) in [6.45, 7) is 5.58. The van der Waals surface area contributed by atoms with Crippen molar-refractivity contribution in [2.24, 2.45) is 0 Å². The van der Waals surface area contributed by atoms with E-state index in [1.54, 1.807) is 12.1 Å². The first kappa shape index (κ1) is 13.9. The van der Waals surface area contributed by atoms with E-state index >= 15 is 0 Å². The van der Waals surface area contributed by atoms with E-state index < -0.39 is 0 Å². The van der Waals surface area contributed by atoms with Crippen LogP contribution in [0.5, 0.6) is 0 Å². The van der Waals surface area contributed by atoms with E-state index in [2.05, 4.69) is 11.9 Å². The van der Waals surface area contributed by atoms with Gasteiger partial charge in [0.2, 0.25) is 0 Å². The molecule has 5 heteroatoms. The van der Waals surface area contributed by atoms with Gasteiger partial charge in [-0.05, 0) is 25.5 Å². The van der Waals surface area contributed by atoms with Gasteiger partial charge in [0.05, 0.1) is 10.7 Å². The minimum Gasteiger partial charge on any atom is -0.397 e. The summed E-state index contributed by atoms with van der Waals surface area (Å²) < 4.78 is 0.923. The molecule has 1 aromatic carbocycles. The number of nitrogens with two attached hydrogens (primary N) is 1. The van der Waals surface area contributed by atoms with Gasteiger partial charge < -0.3 is 11.1 Å². The van der Waals surface area contributed by atoms with Crippen LogP contribution < -0.4 is 11.1 Å². The molecule has 0 spiro atoms. The number of hydrogen-bond acceptors (Lipinski definition) is 3. The Labute approximate surface area is 121 Å². The molecule has 1 atom stereocenters. The van der Waals surface area contributed by atoms with Crippen LogP contribution in [0.15, 0.2) is 30.9 Å². The number of thiophene rings is 1. The maximum atomic E-state index is 12.2. The second-order valence-corrected chi connectivity index (χ2v) is 5.82. The van der Waals surface area contributed by atoms with Crippen molar-refractivity contribution in [1.82, 2.24) is 5.32 Å². The van der Waals surface area contributed by atoms with E-state index in [4.69, 9.17) is 17.3 Å². The molecule has 3 nitrogen and oxygen atoms in total. The number of carbonyl (C=O) groups is 1. The zero-order valence-electron chi connectivity index (χ0n) is 10.6. The van der Waals surface area contributed by atoms with E-state index in [-0.39, 0.29) is 11.9 Å². The van der Waals surface area contributed by atoms with E-state index in [1.807, 2.05) is 19.1 Å². The largest absolute Gasteiger partial charge is 0.397 e. The second-order valence-electron chi connectivity index (χ2n) is 4.36. The summed E-state index contributed by atoms with van der Waals surface area (Å²) in [5, 5.41) is 4.23. The minimum atomic E-state index is -0.163. The van der Waals surface area contributed by atoms with Gasteiger partial charge in [0, 0.05) is 16.1 Å². The highest BCUT2D eigenvalue weighted by molar-refractivity contribution is 7.21. The van der Waals surface area contributed by atoms with Gasteiger partial charge in [0.1, 0.15) is 4.88 Å². The van der Waals surface area contributed by atoms with Gasteiger partial charge in [0.25, 0.3) is 5.91 Å². The zero-order valence-corrected chi connectivity index (χ0v) is 12.1. The van der Waals surface area contributed by atoms with Crippen molar-refractivity contribution in [3.05, 3.63) is 40.8 Å². The number of fused-ring (bicyclic) bond motifs is 1. The summed E-state index contributed by atoms with van der Waals surface area (Å²) in [5.41, 5.74) is 6.49. The summed E-state index contributed by atoms with van der Waals surface area (Å²) in [6.07, 6.45) is 2.49. The molecule has 1 unspecified atom stereocenters. The molecule has 0 aliphatic rings. The molecule has 1 heterocycles. The number of carbonyl (C=O) groups excluding carboxylic acids is 1. The molecule has 19 heavy (non-hydrogen) atoms. The highest BCUT2D eigenvalue weighted by Crippen LogP contribution is 2.37. The van der Waals surface area contributed by atoms with E-state index in [9.17, 15) is 4.79 Å². The van der Waals surface area contributed by atoms with Gasteiger partial charge in [-0.15, -0.1) is 17.9 Å². The van der Waals surface area contributed by atoms with Crippen molar-refractivity contribution in [2.75, 3.05) is 5.73 Å². The van der Waals surface area contributed by atoms with E-state index in [0.717, 1.165) is 16.5 Å². The highest BCUT2D eigenvalue weighted by Gasteiger charge is 2.18. The Morgan fingerprint density at radius 2 is 2.37 bits per heavy atom. The average Bonchev–Trinajstić information content (AvgIpc) is 2.68. The molecular formula is C14H15ClN2OS. The topological polar surface area (TPSA) is 55.1 Å². The van der Waals surface area contributed by atoms with Crippen LogP contribution in [-0.2, 0) is 0 Å². The van der Waals surface area contributed by atoms with E-state index in [0.29, 0.717) is 15.6 Å². The third-order valence-corrected chi connectivity index (χ3v) is 4.29. The van der Waals surface area contributed by atoms with Crippen molar-refractivity contribution in [2.45, 2.75) is 19.4 Å². The fourth-order valence-corrected chi connectivity index (χ4v) is 3.28. The standard InChI is InChI=1S/C14H15ClN2OS/c1-3-5-8(2)17-14(18)13-12(16)11-9(15)6-4-7-10(11)19-13/h3-4,6-8H,1,5,16H2,2H3,(H,17,18). The Bertz CT molecular complexity index is 636. The predicted octanol–water partition coefficient (Wildman–Crippen LogP) is 3.83. The fraction of sp³-hybridized carbons (Fsp3) is 0.214. The van der Waals surface area contributed by atoms with Crippen LogP contribution in [0.25, 0.3) is 10.1 Å². The quantitative estimate of drug-likeness (QED) is 0.842. The molecule has 0 fully saturated rings. The lowest BCUT2D eigenvalue weighted by Crippen LogP contribution is -2.31. The lowest BCUT2D eigenvalue weighted by Gasteiger charge is -2.10. The van der Waals surface area contributed by atoms with Crippen molar-refractivity contribution in [1.29, 1.82) is 0 Å². The van der Waals surface area contributed by atoms with Crippen molar-refractivity contribution >= 4 is 44.6 Å². The average molecular weight is 295 g/mol. The number of nitrogens with one attached hydrogen (secondary N) is 1. The summed E-state index contributed by atoms with van der Waals surface area (Å²) in [4.78, 5) is 12.7. The fourth-order valence-electron chi connectivity index (χ4n) is 1.90. The van der Waals surface area contributed by atoms with Crippen molar-refractivity contribution < 1.29 is 4.79 Å². The lowest BCUT2D eigenvalue weighted by atomic mass is 10.2. The summed E-state index contributed by atoms with van der Waals surface area (Å²) >= 11 is 7.48. The molecular weight excluding hydrogens is 280 g/mol.